The molecule has 0 bridgehead atoms. The van der Waals surface area contributed by atoms with Crippen LogP contribution in [-0.4, -0.2) is 21.6 Å². The third-order valence-corrected chi connectivity index (χ3v) is 6.19. The van der Waals surface area contributed by atoms with E-state index in [-0.39, 0.29) is 24.6 Å². The van der Waals surface area contributed by atoms with Gasteiger partial charge in [0.05, 0.1) is 18.7 Å². The highest BCUT2D eigenvalue weighted by atomic mass is 32.1. The molecule has 0 spiro atoms. The standard InChI is InChI=1S/C25H25N3O4S/c1-3-32-20-6-4-5-19(13-20)15-28-24(30)23-21(11-12-33-23)27(25(28)31)16-22(29)26-14-18-9-7-17(2)8-10-18/h4-13H,3,14-16H2,1-2H3,(H,26,29). The maximum Gasteiger partial charge on any atom is 0.332 e. The maximum atomic E-state index is 13.3. The summed E-state index contributed by atoms with van der Waals surface area (Å²) in [6.45, 7) is 4.71. The lowest BCUT2D eigenvalue weighted by Crippen LogP contribution is -2.42. The molecule has 0 aliphatic rings. The Morgan fingerprint density at radius 3 is 2.58 bits per heavy atom. The van der Waals surface area contributed by atoms with Crippen LogP contribution in [0.15, 0.2) is 69.6 Å². The van der Waals surface area contributed by atoms with Gasteiger partial charge in [0, 0.05) is 6.54 Å². The summed E-state index contributed by atoms with van der Waals surface area (Å²) < 4.78 is 8.52. The molecular formula is C25H25N3O4S. The van der Waals surface area contributed by atoms with Crippen molar-refractivity contribution in [3.05, 3.63) is 97.5 Å². The number of carbonyl (C=O) groups excluding carboxylic acids is 1. The van der Waals surface area contributed by atoms with Crippen LogP contribution in [-0.2, 0) is 24.4 Å². The van der Waals surface area contributed by atoms with Crippen molar-refractivity contribution in [2.45, 2.75) is 33.5 Å². The quantitative estimate of drug-likeness (QED) is 0.435. The fraction of sp³-hybridized carbons (Fsp3) is 0.240. The van der Waals surface area contributed by atoms with E-state index in [0.29, 0.717) is 29.1 Å². The summed E-state index contributed by atoms with van der Waals surface area (Å²) in [5, 5.41) is 4.61. The second-order valence-corrected chi connectivity index (χ2v) is 8.65. The zero-order valence-corrected chi connectivity index (χ0v) is 19.4. The van der Waals surface area contributed by atoms with Gasteiger partial charge in [0.15, 0.2) is 0 Å². The fourth-order valence-electron chi connectivity index (χ4n) is 3.61. The Hall–Kier alpha value is -3.65. The lowest BCUT2D eigenvalue weighted by Gasteiger charge is -2.13. The molecule has 2 heterocycles. The molecule has 0 saturated carbocycles. The number of fused-ring (bicyclic) bond motifs is 1. The summed E-state index contributed by atoms with van der Waals surface area (Å²) in [5.74, 6) is 0.379. The number of benzene rings is 2. The molecule has 0 aliphatic carbocycles. The normalized spacial score (nSPS) is 11.0. The van der Waals surface area contributed by atoms with E-state index in [4.69, 9.17) is 4.74 Å². The van der Waals surface area contributed by atoms with Crippen LogP contribution in [0.25, 0.3) is 10.2 Å². The number of rotatable bonds is 8. The zero-order valence-electron chi connectivity index (χ0n) is 18.5. The van der Waals surface area contributed by atoms with Gasteiger partial charge in [0.1, 0.15) is 17.0 Å². The van der Waals surface area contributed by atoms with E-state index in [2.05, 4.69) is 5.32 Å². The number of hydrogen-bond acceptors (Lipinski definition) is 5. The van der Waals surface area contributed by atoms with Gasteiger partial charge in [-0.15, -0.1) is 11.3 Å². The van der Waals surface area contributed by atoms with Crippen LogP contribution in [0.1, 0.15) is 23.6 Å². The second-order valence-electron chi connectivity index (χ2n) is 7.74. The molecule has 0 fully saturated rings. The Balaban J connectivity index is 1.61. The van der Waals surface area contributed by atoms with E-state index < -0.39 is 5.69 Å². The SMILES string of the molecule is CCOc1cccc(Cn2c(=O)c3sccc3n(CC(=O)NCc3ccc(C)cc3)c2=O)c1. The predicted octanol–water partition coefficient (Wildman–Crippen LogP) is 3.30. The van der Waals surface area contributed by atoms with E-state index >= 15 is 0 Å². The first-order valence-corrected chi connectivity index (χ1v) is 11.6. The van der Waals surface area contributed by atoms with E-state index in [9.17, 15) is 14.4 Å². The highest BCUT2D eigenvalue weighted by molar-refractivity contribution is 7.17. The van der Waals surface area contributed by atoms with E-state index in [1.807, 2.05) is 62.4 Å². The number of nitrogens with one attached hydrogen (secondary N) is 1. The molecule has 1 amide bonds. The lowest BCUT2D eigenvalue weighted by atomic mass is 10.1. The van der Waals surface area contributed by atoms with E-state index in [1.54, 1.807) is 11.4 Å². The molecule has 2 aromatic carbocycles. The van der Waals surface area contributed by atoms with E-state index in [0.717, 1.165) is 16.7 Å². The van der Waals surface area contributed by atoms with Gasteiger partial charge in [-0.25, -0.2) is 4.79 Å². The van der Waals surface area contributed by atoms with Crippen LogP contribution in [0.2, 0.25) is 0 Å². The van der Waals surface area contributed by atoms with Crippen LogP contribution in [0, 0.1) is 6.92 Å². The predicted molar refractivity (Wildman–Crippen MR) is 130 cm³/mol. The Morgan fingerprint density at radius 1 is 1.03 bits per heavy atom. The van der Waals surface area contributed by atoms with E-state index in [1.165, 1.54) is 20.5 Å². The minimum atomic E-state index is -0.516. The summed E-state index contributed by atoms with van der Waals surface area (Å²) in [6, 6.07) is 16.9. The molecule has 1 N–H and O–H groups in total. The number of hydrogen-bond donors (Lipinski definition) is 1. The summed E-state index contributed by atoms with van der Waals surface area (Å²) >= 11 is 1.26. The number of carbonyl (C=O) groups is 1. The smallest absolute Gasteiger partial charge is 0.332 e. The van der Waals surface area contributed by atoms with Crippen molar-refractivity contribution in [3.63, 3.8) is 0 Å². The number of aromatic nitrogens is 2. The van der Waals surface area contributed by atoms with Crippen molar-refractivity contribution >= 4 is 27.5 Å². The number of nitrogens with zero attached hydrogens (tertiary/aromatic N) is 2. The van der Waals surface area contributed by atoms with Gasteiger partial charge in [-0.2, -0.15) is 0 Å². The molecule has 4 rings (SSSR count). The maximum absolute atomic E-state index is 13.3. The number of thiophene rings is 1. The molecule has 4 aromatic rings. The average Bonchev–Trinajstić information content (AvgIpc) is 3.30. The van der Waals surface area contributed by atoms with Crippen molar-refractivity contribution in [3.8, 4) is 5.75 Å². The Morgan fingerprint density at radius 2 is 1.82 bits per heavy atom. The highest BCUT2D eigenvalue weighted by Gasteiger charge is 2.17. The van der Waals surface area contributed by atoms with Crippen LogP contribution in [0.5, 0.6) is 5.75 Å². The largest absolute Gasteiger partial charge is 0.494 e. The van der Waals surface area contributed by atoms with Crippen LogP contribution < -0.4 is 21.3 Å². The Labute approximate surface area is 194 Å². The molecule has 0 unspecified atom stereocenters. The topological polar surface area (TPSA) is 82.3 Å². The molecule has 0 saturated heterocycles. The third kappa shape index (κ3) is 5.06. The monoisotopic (exact) mass is 463 g/mol. The van der Waals surface area contributed by atoms with Crippen LogP contribution in [0.4, 0.5) is 0 Å². The van der Waals surface area contributed by atoms with Crippen molar-refractivity contribution in [1.29, 1.82) is 0 Å². The van der Waals surface area contributed by atoms with Gasteiger partial charge in [-0.3, -0.25) is 18.7 Å². The van der Waals surface area contributed by atoms with Gasteiger partial charge in [0.2, 0.25) is 5.91 Å². The molecule has 0 atom stereocenters. The Kier molecular flexibility index (Phi) is 6.74. The second kappa shape index (κ2) is 9.87. The first-order valence-electron chi connectivity index (χ1n) is 10.7. The van der Waals surface area contributed by atoms with Crippen LogP contribution in [0.3, 0.4) is 0 Å². The first-order chi connectivity index (χ1) is 16.0. The molecule has 33 heavy (non-hydrogen) atoms. The van der Waals surface area contributed by atoms with Gasteiger partial charge in [-0.1, -0.05) is 42.0 Å². The highest BCUT2D eigenvalue weighted by Crippen LogP contribution is 2.17. The van der Waals surface area contributed by atoms with Gasteiger partial charge in [0.25, 0.3) is 5.56 Å². The summed E-state index contributed by atoms with van der Waals surface area (Å²) in [5.41, 5.74) is 2.49. The first kappa shape index (κ1) is 22.5. The molecular weight excluding hydrogens is 438 g/mol. The summed E-state index contributed by atoms with van der Waals surface area (Å²) in [6.07, 6.45) is 0. The molecule has 7 nitrogen and oxygen atoms in total. The van der Waals surface area contributed by atoms with Crippen molar-refractivity contribution < 1.29 is 9.53 Å². The van der Waals surface area contributed by atoms with Crippen LogP contribution >= 0.6 is 11.3 Å². The summed E-state index contributed by atoms with van der Waals surface area (Å²) in [7, 11) is 0. The summed E-state index contributed by atoms with van der Waals surface area (Å²) in [4.78, 5) is 39.0. The minimum Gasteiger partial charge on any atom is -0.494 e. The molecule has 170 valence electrons. The van der Waals surface area contributed by atoms with Gasteiger partial charge < -0.3 is 10.1 Å². The van der Waals surface area contributed by atoms with Gasteiger partial charge >= 0.3 is 5.69 Å². The zero-order chi connectivity index (χ0) is 23.4. The number of ether oxygens (including phenoxy) is 1. The molecule has 2 aromatic heterocycles. The van der Waals surface area contributed by atoms with Crippen molar-refractivity contribution in [1.82, 2.24) is 14.5 Å². The average molecular weight is 464 g/mol. The lowest BCUT2D eigenvalue weighted by molar-refractivity contribution is -0.121. The molecule has 8 heteroatoms. The van der Waals surface area contributed by atoms with Crippen molar-refractivity contribution in [2.24, 2.45) is 0 Å². The fourth-order valence-corrected chi connectivity index (χ4v) is 4.46. The Bertz CT molecular complexity index is 1400. The molecule has 0 aliphatic heterocycles. The van der Waals surface area contributed by atoms with Gasteiger partial charge in [-0.05, 0) is 48.6 Å². The molecule has 0 radical (unpaired) electrons. The number of amides is 1. The van der Waals surface area contributed by atoms with Crippen molar-refractivity contribution in [2.75, 3.05) is 6.61 Å². The third-order valence-electron chi connectivity index (χ3n) is 5.30. The minimum absolute atomic E-state index is 0.0946. The number of aryl methyl sites for hydroxylation is 1.